The maximum absolute atomic E-state index is 9.50. The highest BCUT2D eigenvalue weighted by molar-refractivity contribution is 6.19. The third-order valence-corrected chi connectivity index (χ3v) is 14.0. The van der Waals surface area contributed by atoms with E-state index in [0.717, 1.165) is 43.1 Å². The van der Waals surface area contributed by atoms with Crippen LogP contribution in [-0.4, -0.2) is 0 Å². The Balaban J connectivity index is 0.879. The van der Waals surface area contributed by atoms with Crippen LogP contribution in [0.3, 0.4) is 0 Å². The van der Waals surface area contributed by atoms with E-state index in [2.05, 4.69) is 18.2 Å². The summed E-state index contributed by atoms with van der Waals surface area (Å²) in [6, 6.07) is 57.3. The van der Waals surface area contributed by atoms with Crippen LogP contribution in [0, 0.1) is 0 Å². The van der Waals surface area contributed by atoms with Gasteiger partial charge in [-0.3, -0.25) is 0 Å². The first-order chi connectivity index (χ1) is 41.7. The van der Waals surface area contributed by atoms with Gasteiger partial charge in [0.05, 0.1) is 27.8 Å². The molecule has 0 aliphatic carbocycles. The van der Waals surface area contributed by atoms with Gasteiger partial charge in [0.25, 0.3) is 0 Å². The summed E-state index contributed by atoms with van der Waals surface area (Å²) in [5.41, 5.74) is 7.70. The zero-order valence-corrected chi connectivity index (χ0v) is 39.2. The Kier molecular flexibility index (Phi) is 7.17. The number of hydrogen-bond donors (Lipinski definition) is 0. The highest BCUT2D eigenvalue weighted by Gasteiger charge is 2.24. The minimum absolute atomic E-state index is 0.0401. The predicted octanol–water partition coefficient (Wildman–Crippen LogP) is 20.4. The van der Waals surface area contributed by atoms with Gasteiger partial charge in [-0.15, -0.1) is 0 Å². The molecule has 0 amide bonds. The molecule has 0 aliphatic rings. The lowest BCUT2D eigenvalue weighted by atomic mass is 9.96. The van der Waals surface area contributed by atoms with Crippen LogP contribution >= 0.6 is 0 Å². The van der Waals surface area contributed by atoms with Crippen molar-refractivity contribution >= 4 is 121 Å². The molecule has 0 aliphatic heterocycles. The molecule has 15 rings (SSSR count). The molecule has 4 heteroatoms. The van der Waals surface area contributed by atoms with E-state index in [1.54, 1.807) is 0 Å². The Morgan fingerprint density at radius 1 is 0.270 bits per heavy atom. The van der Waals surface area contributed by atoms with Gasteiger partial charge in [0.2, 0.25) is 0 Å². The molecule has 0 N–H and O–H groups in total. The molecule has 15 aromatic rings. The first kappa shape index (κ1) is 31.4. The van der Waals surface area contributed by atoms with E-state index in [4.69, 9.17) is 17.1 Å². The van der Waals surface area contributed by atoms with E-state index < -0.39 is 24.2 Å². The number of benzene rings is 13. The van der Waals surface area contributed by atoms with E-state index in [1.165, 1.54) is 0 Å². The summed E-state index contributed by atoms with van der Waals surface area (Å²) in [5, 5.41) is 7.11. The molecule has 346 valence electrons. The summed E-state index contributed by atoms with van der Waals surface area (Å²) in [5.74, 6) is 0. The predicted molar refractivity (Wildman–Crippen MR) is 311 cm³/mol. The van der Waals surface area contributed by atoms with Crippen LogP contribution in [0.1, 0.15) is 16.4 Å². The summed E-state index contributed by atoms with van der Waals surface area (Å²) in [4.78, 5) is 3.82. The number of para-hydroxylation sites is 2. The maximum atomic E-state index is 9.50. The number of rotatable bonds is 8. The molecule has 2 heterocycles. The van der Waals surface area contributed by atoms with Crippen LogP contribution in [0.5, 0.6) is 0 Å². The van der Waals surface area contributed by atoms with Gasteiger partial charge in [0.1, 0.15) is 22.3 Å². The summed E-state index contributed by atoms with van der Waals surface area (Å²) < 4.78 is 122. The van der Waals surface area contributed by atoms with Crippen LogP contribution in [0.4, 0.5) is 34.1 Å². The molecule has 0 bridgehead atoms. The van der Waals surface area contributed by atoms with E-state index in [9.17, 15) is 8.22 Å². The Labute approximate surface area is 443 Å². The molecule has 0 radical (unpaired) electrons. The van der Waals surface area contributed by atoms with Crippen molar-refractivity contribution < 1.29 is 25.3 Å². The van der Waals surface area contributed by atoms with Gasteiger partial charge in [0.15, 0.2) is 0 Å². The van der Waals surface area contributed by atoms with Crippen molar-refractivity contribution in [2.24, 2.45) is 0 Å². The monoisotopic (exact) mass is 956 g/mol. The molecular weight excluding hydrogens is 901 g/mol. The number of anilines is 6. The SMILES string of the molecule is [2H]c1c([2H])c([2H])c2c(N(c3ccccc3)c3ccc4cc5c(cc4c3)oc3cc4oc6cc7cc(N(c8ccccc8)c8c(-c9ccccc9)c([2H])c([2H])c9c([2H])c([2H])c([2H])c([2H])c89)ccc7cc6c4cc35)c(-c3ccccc3)c([2H])c([2H])c2c1[2H]. The first-order valence-electron chi connectivity index (χ1n) is 30.2. The van der Waals surface area contributed by atoms with Crippen molar-refractivity contribution in [3.05, 3.63) is 267 Å². The Morgan fingerprint density at radius 2 is 0.662 bits per heavy atom. The van der Waals surface area contributed by atoms with E-state index in [0.29, 0.717) is 78.7 Å². The summed E-state index contributed by atoms with van der Waals surface area (Å²) in [6.45, 7) is 0. The summed E-state index contributed by atoms with van der Waals surface area (Å²) in [7, 11) is 0. The molecule has 0 spiro atoms. The fourth-order valence-electron chi connectivity index (χ4n) is 10.6. The Morgan fingerprint density at radius 3 is 1.11 bits per heavy atom. The van der Waals surface area contributed by atoms with Gasteiger partial charge in [-0.2, -0.15) is 0 Å². The number of furan rings is 2. The molecule has 0 saturated heterocycles. The summed E-state index contributed by atoms with van der Waals surface area (Å²) in [6.07, 6.45) is 0. The number of fused-ring (bicyclic) bond motifs is 10. The smallest absolute Gasteiger partial charge is 0.139 e. The third kappa shape index (κ3) is 6.84. The van der Waals surface area contributed by atoms with Crippen LogP contribution in [0.25, 0.3) is 109 Å². The van der Waals surface area contributed by atoms with Crippen molar-refractivity contribution in [1.29, 1.82) is 0 Å². The highest BCUT2D eigenvalue weighted by Crippen LogP contribution is 2.49. The number of nitrogens with zero attached hydrogens (tertiary/aromatic N) is 2. The zero-order chi connectivity index (χ0) is 59.1. The second kappa shape index (κ2) is 16.9. The largest absolute Gasteiger partial charge is 0.456 e. The van der Waals surface area contributed by atoms with E-state index in [1.807, 2.05) is 186 Å². The van der Waals surface area contributed by atoms with Crippen LogP contribution in [0.2, 0.25) is 0 Å². The topological polar surface area (TPSA) is 32.8 Å². The lowest BCUT2D eigenvalue weighted by Gasteiger charge is -2.29. The third-order valence-electron chi connectivity index (χ3n) is 14.0. The van der Waals surface area contributed by atoms with E-state index >= 15 is 0 Å². The zero-order valence-electron chi connectivity index (χ0n) is 51.2. The van der Waals surface area contributed by atoms with E-state index in [-0.39, 0.29) is 69.9 Å². The second-order valence-corrected chi connectivity index (χ2v) is 18.3. The molecule has 74 heavy (non-hydrogen) atoms. The van der Waals surface area contributed by atoms with Gasteiger partial charge >= 0.3 is 0 Å². The Bertz CT molecular complexity index is 5060. The lowest BCUT2D eigenvalue weighted by Crippen LogP contribution is -2.11. The molecule has 0 atom stereocenters. The maximum Gasteiger partial charge on any atom is 0.139 e. The molecule has 0 saturated carbocycles. The van der Waals surface area contributed by atoms with Crippen LogP contribution < -0.4 is 9.80 Å². The first-order valence-corrected chi connectivity index (χ1v) is 24.2. The van der Waals surface area contributed by atoms with Crippen molar-refractivity contribution in [2.75, 3.05) is 9.80 Å². The minimum Gasteiger partial charge on any atom is -0.456 e. The minimum atomic E-state index is -0.477. The average Bonchev–Trinajstić information content (AvgIpc) is 0.871. The standard InChI is InChI=1S/C70H44N2O2/c1-5-17-45(18-6-1)59-35-31-47-21-13-15-27-57(47)69(59)71(53-23-9-3-10-24-53)55-33-29-49-39-61-63-43-64-62-40-50-30-34-56(38-52(50)42-66(62)74-68(64)44-67(63)73-65(61)41-51(49)37-55)72(54-25-11-4-12-26-54)70-58-28-16-14-22-48(58)32-36-60(70)46-19-7-2-8-20-46/h1-44H/i13D,14D,15D,16D,21D,22D,27D,28D,31D,32D,35D,36D. The van der Waals surface area contributed by atoms with Crippen molar-refractivity contribution in [1.82, 2.24) is 0 Å². The van der Waals surface area contributed by atoms with Crippen molar-refractivity contribution in [3.8, 4) is 22.3 Å². The molecule has 0 unspecified atom stereocenters. The quantitative estimate of drug-likeness (QED) is 0.152. The average molecular weight is 957 g/mol. The molecule has 4 nitrogen and oxygen atoms in total. The molecule has 0 fully saturated rings. The van der Waals surface area contributed by atoms with Crippen molar-refractivity contribution in [3.63, 3.8) is 0 Å². The fourth-order valence-corrected chi connectivity index (χ4v) is 10.6. The highest BCUT2D eigenvalue weighted by atomic mass is 16.3. The van der Waals surface area contributed by atoms with Gasteiger partial charge in [-0.25, -0.2) is 0 Å². The van der Waals surface area contributed by atoms with Crippen molar-refractivity contribution in [2.45, 2.75) is 0 Å². The normalized spacial score (nSPS) is 14.1. The van der Waals surface area contributed by atoms with Gasteiger partial charge in [-0.1, -0.05) is 182 Å². The van der Waals surface area contributed by atoms with Gasteiger partial charge < -0.3 is 18.6 Å². The van der Waals surface area contributed by atoms with Gasteiger partial charge in [-0.05, 0) is 122 Å². The molecule has 13 aromatic carbocycles. The summed E-state index contributed by atoms with van der Waals surface area (Å²) >= 11 is 0. The fraction of sp³-hybridized carbons (Fsp3) is 0. The molecule has 2 aromatic heterocycles. The Hall–Kier alpha value is -9.90. The molecular formula is C70H44N2O2. The van der Waals surface area contributed by atoms with Gasteiger partial charge in [0, 0.05) is 72.3 Å². The van der Waals surface area contributed by atoms with Crippen LogP contribution in [0.15, 0.2) is 275 Å². The lowest BCUT2D eigenvalue weighted by molar-refractivity contribution is 0.656. The van der Waals surface area contributed by atoms with Crippen LogP contribution in [-0.2, 0) is 0 Å². The second-order valence-electron chi connectivity index (χ2n) is 18.3. The number of hydrogen-bond acceptors (Lipinski definition) is 4.